The Labute approximate surface area is 114 Å². The van der Waals surface area contributed by atoms with Crippen LogP contribution < -0.4 is 10.1 Å². The van der Waals surface area contributed by atoms with E-state index in [1.54, 1.807) is 0 Å². The van der Waals surface area contributed by atoms with Crippen molar-refractivity contribution in [1.82, 2.24) is 5.32 Å². The van der Waals surface area contributed by atoms with Gasteiger partial charge in [-0.2, -0.15) is 0 Å². The second-order valence-electron chi connectivity index (χ2n) is 4.89. The van der Waals surface area contributed by atoms with Gasteiger partial charge in [-0.05, 0) is 37.1 Å². The van der Waals surface area contributed by atoms with Crippen molar-refractivity contribution in [2.75, 3.05) is 26.8 Å². The third-order valence-corrected chi connectivity index (χ3v) is 3.39. The third-order valence-electron chi connectivity index (χ3n) is 3.39. The molecule has 1 aliphatic rings. The molecule has 0 amide bonds. The molecule has 0 spiro atoms. The van der Waals surface area contributed by atoms with Crippen molar-refractivity contribution in [1.29, 1.82) is 0 Å². The van der Waals surface area contributed by atoms with Crippen molar-refractivity contribution in [3.63, 3.8) is 0 Å². The Bertz CT molecular complexity index is 414. The first-order valence-corrected chi connectivity index (χ1v) is 6.77. The van der Waals surface area contributed by atoms with E-state index in [9.17, 15) is 4.79 Å². The third kappa shape index (κ3) is 4.56. The zero-order valence-corrected chi connectivity index (χ0v) is 11.4. The summed E-state index contributed by atoms with van der Waals surface area (Å²) in [4.78, 5) is 11.1. The van der Waals surface area contributed by atoms with Crippen molar-refractivity contribution in [3.8, 4) is 5.75 Å². The quantitative estimate of drug-likeness (QED) is 0.795. The number of hydrogen-bond acceptors (Lipinski definition) is 4. The molecule has 19 heavy (non-hydrogen) atoms. The van der Waals surface area contributed by atoms with E-state index in [4.69, 9.17) is 4.74 Å². The van der Waals surface area contributed by atoms with Crippen molar-refractivity contribution < 1.29 is 14.3 Å². The molecule has 0 radical (unpaired) electrons. The van der Waals surface area contributed by atoms with Crippen molar-refractivity contribution in [2.45, 2.75) is 19.3 Å². The van der Waals surface area contributed by atoms with Gasteiger partial charge in [0.15, 0.2) is 0 Å². The lowest BCUT2D eigenvalue weighted by atomic mass is 10.1. The number of hydrogen-bond donors (Lipinski definition) is 1. The standard InChI is InChI=1S/C15H21NO3/c1-18-15(17)6-5-12-3-2-4-14(9-12)19-11-13-7-8-16-10-13/h2-4,9,13,16H,5-8,10-11H2,1H3. The lowest BCUT2D eigenvalue weighted by molar-refractivity contribution is -0.140. The summed E-state index contributed by atoms with van der Waals surface area (Å²) < 4.78 is 10.4. The Morgan fingerprint density at radius 2 is 2.37 bits per heavy atom. The lowest BCUT2D eigenvalue weighted by Crippen LogP contribution is -2.15. The first kappa shape index (κ1) is 13.9. The number of nitrogens with one attached hydrogen (secondary N) is 1. The number of aryl methyl sites for hydroxylation is 1. The minimum absolute atomic E-state index is 0.177. The molecule has 1 heterocycles. The van der Waals surface area contributed by atoms with Gasteiger partial charge < -0.3 is 14.8 Å². The SMILES string of the molecule is COC(=O)CCc1cccc(OCC2CCNC2)c1. The van der Waals surface area contributed by atoms with Crippen LogP contribution in [0.25, 0.3) is 0 Å². The van der Waals surface area contributed by atoms with Gasteiger partial charge in [0.05, 0.1) is 13.7 Å². The van der Waals surface area contributed by atoms with Gasteiger partial charge >= 0.3 is 5.97 Å². The predicted molar refractivity (Wildman–Crippen MR) is 73.3 cm³/mol. The van der Waals surface area contributed by atoms with Crippen LogP contribution in [0.3, 0.4) is 0 Å². The molecular formula is C15H21NO3. The molecule has 2 rings (SSSR count). The smallest absolute Gasteiger partial charge is 0.305 e. The summed E-state index contributed by atoms with van der Waals surface area (Å²) in [6.07, 6.45) is 2.28. The fourth-order valence-corrected chi connectivity index (χ4v) is 2.21. The average molecular weight is 263 g/mol. The molecule has 4 heteroatoms. The fraction of sp³-hybridized carbons (Fsp3) is 0.533. The molecule has 104 valence electrons. The van der Waals surface area contributed by atoms with Crippen molar-refractivity contribution in [3.05, 3.63) is 29.8 Å². The highest BCUT2D eigenvalue weighted by atomic mass is 16.5. The van der Waals surface area contributed by atoms with Crippen LogP contribution in [0.5, 0.6) is 5.75 Å². The summed E-state index contributed by atoms with van der Waals surface area (Å²) in [6, 6.07) is 7.94. The summed E-state index contributed by atoms with van der Waals surface area (Å²) >= 11 is 0. The molecule has 1 aromatic rings. The number of methoxy groups -OCH3 is 1. The van der Waals surface area contributed by atoms with Gasteiger partial charge in [-0.15, -0.1) is 0 Å². The Kier molecular flexibility index (Phi) is 5.21. The maximum absolute atomic E-state index is 11.1. The second kappa shape index (κ2) is 7.14. The Hall–Kier alpha value is -1.55. The molecule has 1 aliphatic heterocycles. The maximum Gasteiger partial charge on any atom is 0.305 e. The average Bonchev–Trinajstić information content (AvgIpc) is 2.96. The molecule has 1 aromatic carbocycles. The molecule has 1 unspecified atom stereocenters. The number of rotatable bonds is 6. The largest absolute Gasteiger partial charge is 0.493 e. The van der Waals surface area contributed by atoms with Gasteiger partial charge in [-0.3, -0.25) is 4.79 Å². The molecule has 4 nitrogen and oxygen atoms in total. The molecule has 0 saturated carbocycles. The summed E-state index contributed by atoms with van der Waals surface area (Å²) in [5.74, 6) is 1.32. The summed E-state index contributed by atoms with van der Waals surface area (Å²) in [7, 11) is 1.41. The van der Waals surface area contributed by atoms with E-state index in [0.29, 0.717) is 18.8 Å². The van der Waals surface area contributed by atoms with Gasteiger partial charge in [-0.1, -0.05) is 12.1 Å². The predicted octanol–water partition coefficient (Wildman–Crippen LogP) is 1.78. The minimum Gasteiger partial charge on any atom is -0.493 e. The van der Waals surface area contributed by atoms with E-state index >= 15 is 0 Å². The molecule has 1 N–H and O–H groups in total. The zero-order chi connectivity index (χ0) is 13.5. The Morgan fingerprint density at radius 1 is 1.47 bits per heavy atom. The number of carbonyl (C=O) groups is 1. The van der Waals surface area contributed by atoms with E-state index in [2.05, 4.69) is 10.1 Å². The number of esters is 1. The van der Waals surface area contributed by atoms with Crippen LogP contribution >= 0.6 is 0 Å². The first-order chi connectivity index (χ1) is 9.28. The van der Waals surface area contributed by atoms with E-state index in [1.807, 2.05) is 24.3 Å². The molecular weight excluding hydrogens is 242 g/mol. The van der Waals surface area contributed by atoms with Crippen molar-refractivity contribution in [2.24, 2.45) is 5.92 Å². The summed E-state index contributed by atoms with van der Waals surface area (Å²) in [5, 5.41) is 3.33. The highest BCUT2D eigenvalue weighted by Gasteiger charge is 2.14. The molecule has 0 bridgehead atoms. The van der Waals surface area contributed by atoms with Crippen LogP contribution in [0, 0.1) is 5.92 Å². The first-order valence-electron chi connectivity index (χ1n) is 6.77. The molecule has 1 saturated heterocycles. The topological polar surface area (TPSA) is 47.6 Å². The second-order valence-corrected chi connectivity index (χ2v) is 4.89. The molecule has 1 fully saturated rings. The highest BCUT2D eigenvalue weighted by molar-refractivity contribution is 5.69. The normalized spacial score (nSPS) is 18.3. The van der Waals surface area contributed by atoms with Crippen LogP contribution in [-0.2, 0) is 16.0 Å². The van der Waals surface area contributed by atoms with E-state index in [-0.39, 0.29) is 5.97 Å². The van der Waals surface area contributed by atoms with Gasteiger partial charge in [0.1, 0.15) is 5.75 Å². The highest BCUT2D eigenvalue weighted by Crippen LogP contribution is 2.17. The number of benzene rings is 1. The summed E-state index contributed by atoms with van der Waals surface area (Å²) in [6.45, 7) is 2.89. The van der Waals surface area contributed by atoms with Crippen LogP contribution in [-0.4, -0.2) is 32.8 Å². The molecule has 1 atom stereocenters. The fourth-order valence-electron chi connectivity index (χ4n) is 2.21. The van der Waals surface area contributed by atoms with Crippen LogP contribution in [0.15, 0.2) is 24.3 Å². The Balaban J connectivity index is 1.82. The van der Waals surface area contributed by atoms with E-state index in [1.165, 1.54) is 13.5 Å². The molecule has 0 aliphatic carbocycles. The van der Waals surface area contributed by atoms with Crippen LogP contribution in [0.2, 0.25) is 0 Å². The lowest BCUT2D eigenvalue weighted by Gasteiger charge is -2.11. The maximum atomic E-state index is 11.1. The minimum atomic E-state index is -0.177. The van der Waals surface area contributed by atoms with Gasteiger partial charge in [-0.25, -0.2) is 0 Å². The van der Waals surface area contributed by atoms with Gasteiger partial charge in [0.2, 0.25) is 0 Å². The zero-order valence-electron chi connectivity index (χ0n) is 11.4. The molecule has 0 aromatic heterocycles. The van der Waals surface area contributed by atoms with E-state index in [0.717, 1.165) is 31.0 Å². The number of carbonyl (C=O) groups excluding carboxylic acids is 1. The summed E-state index contributed by atoms with van der Waals surface area (Å²) in [5.41, 5.74) is 1.10. The number of ether oxygens (including phenoxy) is 2. The van der Waals surface area contributed by atoms with Gasteiger partial charge in [0.25, 0.3) is 0 Å². The Morgan fingerprint density at radius 3 is 3.11 bits per heavy atom. The van der Waals surface area contributed by atoms with E-state index < -0.39 is 0 Å². The van der Waals surface area contributed by atoms with Crippen LogP contribution in [0.1, 0.15) is 18.4 Å². The van der Waals surface area contributed by atoms with Crippen molar-refractivity contribution >= 4 is 5.97 Å². The monoisotopic (exact) mass is 263 g/mol. The van der Waals surface area contributed by atoms with Crippen LogP contribution in [0.4, 0.5) is 0 Å². The van der Waals surface area contributed by atoms with Gasteiger partial charge in [0, 0.05) is 18.9 Å².